The maximum Gasteiger partial charge on any atom is 0.271 e. The van der Waals surface area contributed by atoms with Crippen molar-refractivity contribution < 1.29 is 4.79 Å². The van der Waals surface area contributed by atoms with Crippen molar-refractivity contribution in [3.63, 3.8) is 0 Å². The minimum atomic E-state index is -0.000573. The highest BCUT2D eigenvalue weighted by atomic mass is 16.2. The van der Waals surface area contributed by atoms with Crippen LogP contribution in [0.2, 0.25) is 0 Å². The number of nitrogens with two attached hydrogens (primary N) is 1. The summed E-state index contributed by atoms with van der Waals surface area (Å²) in [6, 6.07) is 12.0. The van der Waals surface area contributed by atoms with Crippen molar-refractivity contribution in [2.75, 3.05) is 19.6 Å². The van der Waals surface area contributed by atoms with Gasteiger partial charge in [0, 0.05) is 25.2 Å². The Labute approximate surface area is 117 Å². The number of nitrogens with one attached hydrogen (secondary N) is 1. The predicted molar refractivity (Wildman–Crippen MR) is 76.2 cm³/mol. The molecule has 3 rings (SSSR count). The summed E-state index contributed by atoms with van der Waals surface area (Å²) in [6.07, 6.45) is 1.60. The zero-order valence-electron chi connectivity index (χ0n) is 11.2. The topological polar surface area (TPSA) is 75.0 Å². The lowest BCUT2D eigenvalue weighted by atomic mass is 9.89. The van der Waals surface area contributed by atoms with Gasteiger partial charge in [0.05, 0.1) is 0 Å². The Bertz CT molecular complexity index is 567. The van der Waals surface area contributed by atoms with Gasteiger partial charge in [0.1, 0.15) is 5.69 Å². The van der Waals surface area contributed by atoms with E-state index in [0.717, 1.165) is 0 Å². The normalized spacial score (nSPS) is 22.1. The Morgan fingerprint density at radius 1 is 1.30 bits per heavy atom. The SMILES string of the molecule is NC[C@@H]1CN(C(=O)c2ccn[nH]2)C[C@H]1c1ccccc1. The largest absolute Gasteiger partial charge is 0.336 e. The van der Waals surface area contributed by atoms with E-state index < -0.39 is 0 Å². The standard InChI is InChI=1S/C15H18N4O/c16-8-12-9-19(15(20)14-6-7-17-18-14)10-13(12)11-4-2-1-3-5-11/h1-7,12-13H,8-10,16H2,(H,17,18)/t12-,13+/m1/s1. The van der Waals surface area contributed by atoms with Crippen LogP contribution in [0.5, 0.6) is 0 Å². The summed E-state index contributed by atoms with van der Waals surface area (Å²) in [4.78, 5) is 14.2. The maximum atomic E-state index is 12.4. The Balaban J connectivity index is 1.80. The van der Waals surface area contributed by atoms with Gasteiger partial charge in [-0.15, -0.1) is 0 Å². The second-order valence-corrected chi connectivity index (χ2v) is 5.19. The molecule has 0 unspecified atom stereocenters. The Hall–Kier alpha value is -2.14. The molecule has 1 aliphatic rings. The number of likely N-dealkylation sites (tertiary alicyclic amines) is 1. The molecule has 0 saturated carbocycles. The van der Waals surface area contributed by atoms with Gasteiger partial charge < -0.3 is 10.6 Å². The average Bonchev–Trinajstić information content (AvgIpc) is 3.17. The minimum absolute atomic E-state index is 0.000573. The highest BCUT2D eigenvalue weighted by Gasteiger charge is 2.35. The van der Waals surface area contributed by atoms with Gasteiger partial charge in [0.15, 0.2) is 0 Å². The number of nitrogens with zero attached hydrogens (tertiary/aromatic N) is 2. The summed E-state index contributed by atoms with van der Waals surface area (Å²) in [5.74, 6) is 0.622. The number of carbonyl (C=O) groups is 1. The molecule has 0 bridgehead atoms. The fourth-order valence-corrected chi connectivity index (χ4v) is 2.90. The van der Waals surface area contributed by atoms with E-state index in [1.54, 1.807) is 12.3 Å². The molecule has 5 heteroatoms. The fraction of sp³-hybridized carbons (Fsp3) is 0.333. The molecule has 2 atom stereocenters. The van der Waals surface area contributed by atoms with Crippen LogP contribution in [-0.4, -0.2) is 40.6 Å². The molecule has 1 amide bonds. The molecule has 0 spiro atoms. The number of aromatic nitrogens is 2. The molecule has 0 radical (unpaired) electrons. The third kappa shape index (κ3) is 2.32. The van der Waals surface area contributed by atoms with Crippen molar-refractivity contribution in [2.45, 2.75) is 5.92 Å². The van der Waals surface area contributed by atoms with E-state index >= 15 is 0 Å². The Kier molecular flexibility index (Phi) is 3.52. The van der Waals surface area contributed by atoms with Crippen molar-refractivity contribution >= 4 is 5.91 Å². The number of hydrogen-bond donors (Lipinski definition) is 2. The smallest absolute Gasteiger partial charge is 0.271 e. The van der Waals surface area contributed by atoms with Gasteiger partial charge in [0.2, 0.25) is 0 Å². The van der Waals surface area contributed by atoms with E-state index in [1.807, 2.05) is 23.1 Å². The molecular formula is C15H18N4O. The van der Waals surface area contributed by atoms with Crippen molar-refractivity contribution in [3.8, 4) is 0 Å². The van der Waals surface area contributed by atoms with Crippen LogP contribution < -0.4 is 5.73 Å². The zero-order chi connectivity index (χ0) is 13.9. The quantitative estimate of drug-likeness (QED) is 0.880. The van der Waals surface area contributed by atoms with E-state index in [0.29, 0.717) is 37.2 Å². The first kappa shape index (κ1) is 12.9. The van der Waals surface area contributed by atoms with Crippen molar-refractivity contribution in [1.29, 1.82) is 0 Å². The van der Waals surface area contributed by atoms with Crippen LogP contribution in [0.15, 0.2) is 42.6 Å². The second-order valence-electron chi connectivity index (χ2n) is 5.19. The van der Waals surface area contributed by atoms with E-state index in [-0.39, 0.29) is 5.91 Å². The lowest BCUT2D eigenvalue weighted by Gasteiger charge is -2.16. The third-order valence-corrected chi connectivity index (χ3v) is 3.99. The van der Waals surface area contributed by atoms with Crippen molar-refractivity contribution in [2.24, 2.45) is 11.7 Å². The molecule has 20 heavy (non-hydrogen) atoms. The van der Waals surface area contributed by atoms with Crippen LogP contribution >= 0.6 is 0 Å². The van der Waals surface area contributed by atoms with Crippen LogP contribution in [0.4, 0.5) is 0 Å². The lowest BCUT2D eigenvalue weighted by molar-refractivity contribution is 0.0780. The monoisotopic (exact) mass is 270 g/mol. The molecule has 2 aromatic rings. The van der Waals surface area contributed by atoms with Gasteiger partial charge in [-0.25, -0.2) is 0 Å². The van der Waals surface area contributed by atoms with Crippen molar-refractivity contribution in [1.82, 2.24) is 15.1 Å². The van der Waals surface area contributed by atoms with Crippen LogP contribution in [0.3, 0.4) is 0 Å². The number of rotatable bonds is 3. The summed E-state index contributed by atoms with van der Waals surface area (Å²) >= 11 is 0. The maximum absolute atomic E-state index is 12.4. The number of H-pyrrole nitrogens is 1. The third-order valence-electron chi connectivity index (χ3n) is 3.99. The van der Waals surface area contributed by atoms with Gasteiger partial charge in [-0.3, -0.25) is 9.89 Å². The van der Waals surface area contributed by atoms with Crippen LogP contribution in [0.1, 0.15) is 22.0 Å². The fourth-order valence-electron chi connectivity index (χ4n) is 2.90. The number of amides is 1. The van der Waals surface area contributed by atoms with E-state index in [1.165, 1.54) is 5.56 Å². The number of hydrogen-bond acceptors (Lipinski definition) is 3. The molecule has 3 N–H and O–H groups in total. The number of aromatic amines is 1. The summed E-state index contributed by atoms with van der Waals surface area (Å²) in [6.45, 7) is 2.00. The molecule has 0 aliphatic carbocycles. The van der Waals surface area contributed by atoms with E-state index in [4.69, 9.17) is 5.73 Å². The summed E-state index contributed by atoms with van der Waals surface area (Å²) in [5, 5.41) is 6.56. The molecular weight excluding hydrogens is 252 g/mol. The summed E-state index contributed by atoms with van der Waals surface area (Å²) in [5.41, 5.74) is 7.67. The van der Waals surface area contributed by atoms with Crippen molar-refractivity contribution in [3.05, 3.63) is 53.9 Å². The highest BCUT2D eigenvalue weighted by molar-refractivity contribution is 5.92. The van der Waals surface area contributed by atoms with E-state index in [2.05, 4.69) is 22.3 Å². The van der Waals surface area contributed by atoms with Gasteiger partial charge in [0.25, 0.3) is 5.91 Å². The van der Waals surface area contributed by atoms with Crippen LogP contribution in [0, 0.1) is 5.92 Å². The average molecular weight is 270 g/mol. The zero-order valence-corrected chi connectivity index (χ0v) is 11.2. The number of carbonyl (C=O) groups excluding carboxylic acids is 1. The summed E-state index contributed by atoms with van der Waals surface area (Å²) < 4.78 is 0. The van der Waals surface area contributed by atoms with Gasteiger partial charge in [-0.1, -0.05) is 30.3 Å². The Morgan fingerprint density at radius 2 is 2.10 bits per heavy atom. The highest BCUT2D eigenvalue weighted by Crippen LogP contribution is 2.32. The molecule has 1 aromatic carbocycles. The van der Waals surface area contributed by atoms with Gasteiger partial charge in [-0.05, 0) is 24.1 Å². The minimum Gasteiger partial charge on any atom is -0.336 e. The molecule has 1 aromatic heterocycles. The second kappa shape index (κ2) is 5.46. The first-order valence-electron chi connectivity index (χ1n) is 6.83. The predicted octanol–water partition coefficient (Wildman–Crippen LogP) is 1.22. The van der Waals surface area contributed by atoms with Crippen LogP contribution in [0.25, 0.3) is 0 Å². The molecule has 1 saturated heterocycles. The lowest BCUT2D eigenvalue weighted by Crippen LogP contribution is -2.30. The first-order valence-corrected chi connectivity index (χ1v) is 6.83. The Morgan fingerprint density at radius 3 is 2.75 bits per heavy atom. The molecule has 1 fully saturated rings. The first-order chi connectivity index (χ1) is 9.79. The van der Waals surface area contributed by atoms with Gasteiger partial charge >= 0.3 is 0 Å². The molecule has 104 valence electrons. The molecule has 5 nitrogen and oxygen atoms in total. The summed E-state index contributed by atoms with van der Waals surface area (Å²) in [7, 11) is 0. The van der Waals surface area contributed by atoms with Gasteiger partial charge in [-0.2, -0.15) is 5.10 Å². The molecule has 2 heterocycles. The molecule has 1 aliphatic heterocycles. The number of benzene rings is 1. The van der Waals surface area contributed by atoms with Crippen LogP contribution in [-0.2, 0) is 0 Å². The van der Waals surface area contributed by atoms with E-state index in [9.17, 15) is 4.79 Å².